The lowest BCUT2D eigenvalue weighted by Gasteiger charge is -2.45. The highest BCUT2D eigenvalue weighted by molar-refractivity contribution is 5.93. The van der Waals surface area contributed by atoms with Gasteiger partial charge < -0.3 is 10.6 Å². The lowest BCUT2D eigenvalue weighted by molar-refractivity contribution is 0.744. The summed E-state index contributed by atoms with van der Waals surface area (Å²) in [5.41, 5.74) is 17.6. The van der Waals surface area contributed by atoms with Crippen LogP contribution in [0.3, 0.4) is 0 Å². The van der Waals surface area contributed by atoms with E-state index in [1.807, 2.05) is 24.4 Å². The summed E-state index contributed by atoms with van der Waals surface area (Å²) in [6.45, 7) is 1.11. The predicted molar refractivity (Wildman–Crippen MR) is 171 cm³/mol. The molecule has 2 N–H and O–H groups in total. The van der Waals surface area contributed by atoms with Gasteiger partial charge in [0.2, 0.25) is 0 Å². The zero-order chi connectivity index (χ0) is 27.6. The van der Waals surface area contributed by atoms with E-state index < -0.39 is 5.41 Å². The first-order valence-electron chi connectivity index (χ1n) is 14.1. The molecule has 1 aliphatic heterocycles. The summed E-state index contributed by atoms with van der Waals surface area (Å²) in [6, 6.07) is 45.4. The Morgan fingerprint density at radius 3 is 2.00 bits per heavy atom. The molecule has 1 heterocycles. The first-order chi connectivity index (χ1) is 20.3. The largest absolute Gasteiger partial charge is 0.327 e. The molecule has 0 amide bonds. The summed E-state index contributed by atoms with van der Waals surface area (Å²) < 4.78 is 0. The number of fused-ring (bicyclic) bond motifs is 6. The molecule has 3 nitrogen and oxygen atoms in total. The third-order valence-electron chi connectivity index (χ3n) is 8.13. The van der Waals surface area contributed by atoms with Crippen LogP contribution >= 0.6 is 0 Å². The second-order valence-electron chi connectivity index (χ2n) is 10.5. The molecule has 198 valence electrons. The Bertz CT molecular complexity index is 1750. The molecule has 1 aliphatic carbocycles. The van der Waals surface area contributed by atoms with Gasteiger partial charge in [-0.25, -0.2) is 0 Å². The van der Waals surface area contributed by atoms with E-state index in [2.05, 4.69) is 132 Å². The molecule has 0 saturated carbocycles. The zero-order valence-electron chi connectivity index (χ0n) is 22.8. The standard InChI is InChI=1S/C38H31N3/c39-23-11-14-31-25-30-22-21-29(27-40-26-28-12-3-1-4-13-28)24-35(30)38(31)33-17-7-9-19-36(33)41(32-15-5-2-6-16-32)37-20-10-8-18-34(37)38/h1-22,24-26H,23,27,39H2/b14-11-,40-26?. The second kappa shape index (κ2) is 10.5. The fraction of sp³-hybridized carbons (Fsp3) is 0.0789. The highest BCUT2D eigenvalue weighted by atomic mass is 15.2. The van der Waals surface area contributed by atoms with Gasteiger partial charge in [-0.1, -0.05) is 115 Å². The van der Waals surface area contributed by atoms with Crippen LogP contribution in [0, 0.1) is 0 Å². The van der Waals surface area contributed by atoms with Gasteiger partial charge in [0.25, 0.3) is 0 Å². The van der Waals surface area contributed by atoms with Crippen molar-refractivity contribution in [3.63, 3.8) is 0 Å². The molecule has 7 rings (SSSR count). The molecule has 5 aromatic rings. The van der Waals surface area contributed by atoms with Crippen molar-refractivity contribution in [2.75, 3.05) is 11.4 Å². The number of para-hydroxylation sites is 3. The summed E-state index contributed by atoms with van der Waals surface area (Å²) in [4.78, 5) is 7.19. The summed E-state index contributed by atoms with van der Waals surface area (Å²) in [5.74, 6) is 0. The minimum absolute atomic E-state index is 0.474. The van der Waals surface area contributed by atoms with Gasteiger partial charge in [-0.05, 0) is 69.3 Å². The van der Waals surface area contributed by atoms with E-state index >= 15 is 0 Å². The first-order valence-corrected chi connectivity index (χ1v) is 14.1. The summed E-state index contributed by atoms with van der Waals surface area (Å²) in [6.07, 6.45) is 8.59. The fourth-order valence-electron chi connectivity index (χ4n) is 6.45. The van der Waals surface area contributed by atoms with Crippen molar-refractivity contribution < 1.29 is 0 Å². The molecule has 0 unspecified atom stereocenters. The maximum atomic E-state index is 6.01. The van der Waals surface area contributed by atoms with Gasteiger partial charge >= 0.3 is 0 Å². The Labute approximate surface area is 241 Å². The number of nitrogens with zero attached hydrogens (tertiary/aromatic N) is 2. The molecule has 2 aliphatic rings. The normalized spacial score (nSPS) is 14.8. The van der Waals surface area contributed by atoms with Crippen LogP contribution in [-0.2, 0) is 12.0 Å². The monoisotopic (exact) mass is 529 g/mol. The van der Waals surface area contributed by atoms with Crippen LogP contribution in [0.1, 0.15) is 33.4 Å². The van der Waals surface area contributed by atoms with Crippen molar-refractivity contribution in [2.45, 2.75) is 12.0 Å². The molecule has 3 heteroatoms. The maximum absolute atomic E-state index is 6.01. The van der Waals surface area contributed by atoms with Gasteiger partial charge in [-0.2, -0.15) is 0 Å². The van der Waals surface area contributed by atoms with Gasteiger partial charge in [-0.3, -0.25) is 4.99 Å². The van der Waals surface area contributed by atoms with E-state index in [1.165, 1.54) is 44.8 Å². The molecule has 0 bridgehead atoms. The molecular formula is C38H31N3. The average molecular weight is 530 g/mol. The van der Waals surface area contributed by atoms with Gasteiger partial charge in [-0.15, -0.1) is 0 Å². The Morgan fingerprint density at radius 2 is 1.32 bits per heavy atom. The van der Waals surface area contributed by atoms with Crippen molar-refractivity contribution in [3.8, 4) is 0 Å². The number of anilines is 3. The number of aliphatic imine (C=N–C) groups is 1. The van der Waals surface area contributed by atoms with Crippen LogP contribution in [0.15, 0.2) is 150 Å². The molecule has 41 heavy (non-hydrogen) atoms. The number of allylic oxidation sites excluding steroid dienone is 2. The summed E-state index contributed by atoms with van der Waals surface area (Å²) in [5, 5.41) is 0. The molecule has 0 fully saturated rings. The highest BCUT2D eigenvalue weighted by Crippen LogP contribution is 2.61. The third-order valence-corrected chi connectivity index (χ3v) is 8.13. The summed E-state index contributed by atoms with van der Waals surface area (Å²) >= 11 is 0. The highest BCUT2D eigenvalue weighted by Gasteiger charge is 2.50. The van der Waals surface area contributed by atoms with Crippen molar-refractivity contribution in [3.05, 3.63) is 178 Å². The number of rotatable bonds is 6. The van der Waals surface area contributed by atoms with Gasteiger partial charge in [0.1, 0.15) is 0 Å². The maximum Gasteiger partial charge on any atom is 0.0748 e. The average Bonchev–Trinajstić information content (AvgIpc) is 3.35. The Kier molecular flexibility index (Phi) is 6.42. The van der Waals surface area contributed by atoms with Crippen LogP contribution in [0.4, 0.5) is 17.1 Å². The van der Waals surface area contributed by atoms with Crippen molar-refractivity contribution in [2.24, 2.45) is 10.7 Å². The lowest BCUT2D eigenvalue weighted by atomic mass is 9.63. The van der Waals surface area contributed by atoms with E-state index in [0.717, 1.165) is 11.3 Å². The minimum atomic E-state index is -0.474. The number of hydrogen-bond donors (Lipinski definition) is 1. The lowest BCUT2D eigenvalue weighted by Crippen LogP contribution is -2.36. The van der Waals surface area contributed by atoms with Crippen LogP contribution in [0.5, 0.6) is 0 Å². The smallest absolute Gasteiger partial charge is 0.0748 e. The molecular weight excluding hydrogens is 498 g/mol. The van der Waals surface area contributed by atoms with E-state index in [4.69, 9.17) is 10.7 Å². The zero-order valence-corrected chi connectivity index (χ0v) is 22.8. The van der Waals surface area contributed by atoms with E-state index in [-0.39, 0.29) is 0 Å². The molecule has 0 atom stereocenters. The van der Waals surface area contributed by atoms with E-state index in [9.17, 15) is 0 Å². The Balaban J connectivity index is 1.44. The molecule has 1 spiro atoms. The molecule has 0 saturated heterocycles. The van der Waals surface area contributed by atoms with Crippen LogP contribution in [0.25, 0.3) is 6.08 Å². The Morgan fingerprint density at radius 1 is 0.683 bits per heavy atom. The predicted octanol–water partition coefficient (Wildman–Crippen LogP) is 8.34. The van der Waals surface area contributed by atoms with Crippen molar-refractivity contribution >= 4 is 29.4 Å². The quantitative estimate of drug-likeness (QED) is 0.225. The summed E-state index contributed by atoms with van der Waals surface area (Å²) in [7, 11) is 0. The van der Waals surface area contributed by atoms with Gasteiger partial charge in [0, 0.05) is 18.4 Å². The SMILES string of the molecule is NC/C=C\C1=Cc2ccc(CN=Cc3ccccc3)cc2C12c1ccccc1N(c1ccccc1)c1ccccc12. The van der Waals surface area contributed by atoms with Crippen LogP contribution in [-0.4, -0.2) is 12.8 Å². The minimum Gasteiger partial charge on any atom is -0.327 e. The third kappa shape index (κ3) is 4.14. The molecule has 0 aromatic heterocycles. The fourth-order valence-corrected chi connectivity index (χ4v) is 6.45. The first kappa shape index (κ1) is 25.0. The number of benzene rings is 5. The second-order valence-corrected chi connectivity index (χ2v) is 10.5. The van der Waals surface area contributed by atoms with Crippen LogP contribution < -0.4 is 10.6 Å². The number of hydrogen-bond acceptors (Lipinski definition) is 3. The van der Waals surface area contributed by atoms with Crippen LogP contribution in [0.2, 0.25) is 0 Å². The van der Waals surface area contributed by atoms with Crippen molar-refractivity contribution in [1.82, 2.24) is 0 Å². The topological polar surface area (TPSA) is 41.6 Å². The van der Waals surface area contributed by atoms with Crippen molar-refractivity contribution in [1.29, 1.82) is 0 Å². The number of nitrogens with two attached hydrogens (primary N) is 1. The molecule has 0 radical (unpaired) electrons. The molecule has 5 aromatic carbocycles. The van der Waals surface area contributed by atoms with E-state index in [0.29, 0.717) is 13.1 Å². The van der Waals surface area contributed by atoms with Gasteiger partial charge in [0.15, 0.2) is 0 Å². The Hall–Kier alpha value is -4.99. The van der Waals surface area contributed by atoms with Gasteiger partial charge in [0.05, 0.1) is 23.3 Å². The van der Waals surface area contributed by atoms with E-state index in [1.54, 1.807) is 0 Å².